The molecular formula is C19H21N3S2. The Labute approximate surface area is 151 Å². The second-order valence-electron chi connectivity index (χ2n) is 6.13. The smallest absolute Gasteiger partial charge is 0.187 e. The fraction of sp³-hybridized carbons (Fsp3) is 0.316. The molecule has 0 saturated carbocycles. The molecule has 0 spiro atoms. The van der Waals surface area contributed by atoms with Gasteiger partial charge in [-0.15, -0.1) is 22.7 Å². The third-order valence-electron chi connectivity index (χ3n) is 4.27. The Balaban J connectivity index is 1.43. The second-order valence-corrected chi connectivity index (χ2v) is 8.16. The molecule has 3 aromatic rings. The molecule has 0 aliphatic carbocycles. The topological polar surface area (TPSA) is 28.2 Å². The molecule has 0 atom stereocenters. The van der Waals surface area contributed by atoms with Gasteiger partial charge in [0, 0.05) is 22.5 Å². The summed E-state index contributed by atoms with van der Waals surface area (Å²) in [5, 5.41) is 6.46. The number of aromatic nitrogens is 1. The van der Waals surface area contributed by atoms with Crippen molar-refractivity contribution in [1.29, 1.82) is 0 Å². The summed E-state index contributed by atoms with van der Waals surface area (Å²) in [6.07, 6.45) is 4.08. The SMILES string of the molecule is c1ccc(Nc2nc(-c3ccc(CN4CCCCC4)s3)cs2)cc1. The van der Waals surface area contributed by atoms with Gasteiger partial charge in [0.2, 0.25) is 0 Å². The van der Waals surface area contributed by atoms with E-state index < -0.39 is 0 Å². The Hall–Kier alpha value is -1.69. The zero-order valence-corrected chi connectivity index (χ0v) is 15.2. The highest BCUT2D eigenvalue weighted by atomic mass is 32.1. The lowest BCUT2D eigenvalue weighted by Gasteiger charge is -2.25. The number of thiazole rings is 1. The van der Waals surface area contributed by atoms with Crippen LogP contribution in [0, 0.1) is 0 Å². The van der Waals surface area contributed by atoms with Gasteiger partial charge in [-0.3, -0.25) is 4.90 Å². The molecule has 3 heterocycles. The van der Waals surface area contributed by atoms with Crippen molar-refractivity contribution < 1.29 is 0 Å². The number of hydrogen-bond acceptors (Lipinski definition) is 5. The summed E-state index contributed by atoms with van der Waals surface area (Å²) in [7, 11) is 0. The van der Waals surface area contributed by atoms with Crippen LogP contribution in [0.1, 0.15) is 24.1 Å². The van der Waals surface area contributed by atoms with Crippen molar-refractivity contribution in [3.63, 3.8) is 0 Å². The van der Waals surface area contributed by atoms with Crippen LogP contribution >= 0.6 is 22.7 Å². The Morgan fingerprint density at radius 1 is 1.00 bits per heavy atom. The lowest BCUT2D eigenvalue weighted by Crippen LogP contribution is -2.28. The summed E-state index contributed by atoms with van der Waals surface area (Å²) in [6.45, 7) is 3.58. The van der Waals surface area contributed by atoms with Crippen LogP contribution in [0.4, 0.5) is 10.8 Å². The van der Waals surface area contributed by atoms with Crippen molar-refractivity contribution in [3.05, 3.63) is 52.7 Å². The first-order valence-corrected chi connectivity index (χ1v) is 10.2. The van der Waals surface area contributed by atoms with E-state index >= 15 is 0 Å². The van der Waals surface area contributed by atoms with Gasteiger partial charge in [-0.25, -0.2) is 4.98 Å². The molecule has 0 bridgehead atoms. The predicted octanol–water partition coefficient (Wildman–Crippen LogP) is 5.60. The van der Waals surface area contributed by atoms with E-state index in [-0.39, 0.29) is 0 Å². The number of para-hydroxylation sites is 1. The van der Waals surface area contributed by atoms with Gasteiger partial charge in [0.25, 0.3) is 0 Å². The zero-order valence-electron chi connectivity index (χ0n) is 13.6. The number of thiophene rings is 1. The van der Waals surface area contributed by atoms with Crippen LogP contribution in [0.15, 0.2) is 47.8 Å². The van der Waals surface area contributed by atoms with Crippen LogP contribution in [0.3, 0.4) is 0 Å². The van der Waals surface area contributed by atoms with Crippen LogP contribution in [0.2, 0.25) is 0 Å². The van der Waals surface area contributed by atoms with Crippen LogP contribution in [0.25, 0.3) is 10.6 Å². The highest BCUT2D eigenvalue weighted by Crippen LogP contribution is 2.32. The molecular weight excluding hydrogens is 334 g/mol. The molecule has 1 fully saturated rings. The first-order valence-electron chi connectivity index (χ1n) is 8.46. The van der Waals surface area contributed by atoms with Crippen LogP contribution in [-0.4, -0.2) is 23.0 Å². The third kappa shape index (κ3) is 3.86. The fourth-order valence-electron chi connectivity index (χ4n) is 3.03. The number of nitrogens with zero attached hydrogens (tertiary/aromatic N) is 2. The molecule has 2 aromatic heterocycles. The van der Waals surface area contributed by atoms with E-state index in [1.54, 1.807) is 11.3 Å². The lowest BCUT2D eigenvalue weighted by molar-refractivity contribution is 0.222. The molecule has 4 rings (SSSR count). The molecule has 0 amide bonds. The van der Waals surface area contributed by atoms with Gasteiger partial charge < -0.3 is 5.32 Å². The molecule has 124 valence electrons. The van der Waals surface area contributed by atoms with Crippen LogP contribution < -0.4 is 5.32 Å². The average molecular weight is 356 g/mol. The molecule has 1 N–H and O–H groups in total. The summed E-state index contributed by atoms with van der Waals surface area (Å²) in [5.41, 5.74) is 2.16. The number of nitrogens with one attached hydrogen (secondary N) is 1. The normalized spacial score (nSPS) is 15.5. The molecule has 0 radical (unpaired) electrons. The quantitative estimate of drug-likeness (QED) is 0.645. The summed E-state index contributed by atoms with van der Waals surface area (Å²) >= 11 is 3.53. The number of piperidine rings is 1. The minimum atomic E-state index is 0.946. The molecule has 1 aliphatic rings. The number of likely N-dealkylation sites (tertiary alicyclic amines) is 1. The molecule has 3 nitrogen and oxygen atoms in total. The summed E-state index contributed by atoms with van der Waals surface area (Å²) in [4.78, 5) is 10.0. The summed E-state index contributed by atoms with van der Waals surface area (Å²) in [5.74, 6) is 0. The van der Waals surface area contributed by atoms with Gasteiger partial charge in [-0.05, 0) is 50.2 Å². The van der Waals surface area contributed by atoms with Gasteiger partial charge in [0.15, 0.2) is 5.13 Å². The van der Waals surface area contributed by atoms with Crippen LogP contribution in [0.5, 0.6) is 0 Å². The van der Waals surface area contributed by atoms with Gasteiger partial charge >= 0.3 is 0 Å². The van der Waals surface area contributed by atoms with Crippen molar-refractivity contribution in [2.24, 2.45) is 0 Å². The monoisotopic (exact) mass is 355 g/mol. The Morgan fingerprint density at radius 3 is 2.67 bits per heavy atom. The molecule has 1 saturated heterocycles. The molecule has 1 aliphatic heterocycles. The van der Waals surface area contributed by atoms with Gasteiger partial charge in [-0.2, -0.15) is 0 Å². The van der Waals surface area contributed by atoms with Gasteiger partial charge in [0.05, 0.1) is 10.6 Å². The van der Waals surface area contributed by atoms with Crippen molar-refractivity contribution in [2.75, 3.05) is 18.4 Å². The van der Waals surface area contributed by atoms with Crippen molar-refractivity contribution in [3.8, 4) is 10.6 Å². The standard InChI is InChI=1S/C19H21N3S2/c1-3-7-15(8-4-1)20-19-21-17(14-23-19)18-10-9-16(24-18)13-22-11-5-2-6-12-22/h1,3-4,7-10,14H,2,5-6,11-13H2,(H,20,21). The van der Waals surface area contributed by atoms with Gasteiger partial charge in [0.1, 0.15) is 0 Å². The van der Waals surface area contributed by atoms with Crippen molar-refractivity contribution in [1.82, 2.24) is 9.88 Å². The zero-order chi connectivity index (χ0) is 16.2. The number of rotatable bonds is 5. The van der Waals surface area contributed by atoms with Crippen LogP contribution in [-0.2, 0) is 6.54 Å². The summed E-state index contributed by atoms with van der Waals surface area (Å²) in [6, 6.07) is 14.7. The van der Waals surface area contributed by atoms with E-state index in [0.29, 0.717) is 0 Å². The van der Waals surface area contributed by atoms with E-state index in [1.807, 2.05) is 29.5 Å². The highest BCUT2D eigenvalue weighted by Gasteiger charge is 2.13. The first-order chi connectivity index (χ1) is 11.9. The number of benzene rings is 1. The number of hydrogen-bond donors (Lipinski definition) is 1. The Bertz CT molecular complexity index is 773. The third-order valence-corrected chi connectivity index (χ3v) is 6.12. The minimum absolute atomic E-state index is 0.946. The molecule has 1 aromatic carbocycles. The highest BCUT2D eigenvalue weighted by molar-refractivity contribution is 7.17. The lowest BCUT2D eigenvalue weighted by atomic mass is 10.1. The second kappa shape index (κ2) is 7.47. The maximum Gasteiger partial charge on any atom is 0.187 e. The van der Waals surface area contributed by atoms with E-state index in [1.165, 1.54) is 42.1 Å². The predicted molar refractivity (Wildman–Crippen MR) is 104 cm³/mol. The molecule has 24 heavy (non-hydrogen) atoms. The summed E-state index contributed by atoms with van der Waals surface area (Å²) < 4.78 is 0. The van der Waals surface area contributed by atoms with Crippen molar-refractivity contribution in [2.45, 2.75) is 25.8 Å². The molecule has 0 unspecified atom stereocenters. The fourth-order valence-corrected chi connectivity index (χ4v) is 4.84. The Morgan fingerprint density at radius 2 is 1.83 bits per heavy atom. The Kier molecular flexibility index (Phi) is 4.92. The average Bonchev–Trinajstić information content (AvgIpc) is 3.26. The van der Waals surface area contributed by atoms with Gasteiger partial charge in [-0.1, -0.05) is 24.6 Å². The van der Waals surface area contributed by atoms with E-state index in [4.69, 9.17) is 4.98 Å². The minimum Gasteiger partial charge on any atom is -0.332 e. The van der Waals surface area contributed by atoms with E-state index in [9.17, 15) is 0 Å². The van der Waals surface area contributed by atoms with E-state index in [0.717, 1.165) is 23.1 Å². The maximum absolute atomic E-state index is 4.74. The first kappa shape index (κ1) is 15.8. The maximum atomic E-state index is 4.74. The van der Waals surface area contributed by atoms with Crippen molar-refractivity contribution >= 4 is 33.5 Å². The molecule has 5 heteroatoms. The largest absolute Gasteiger partial charge is 0.332 e. The number of anilines is 2. The van der Waals surface area contributed by atoms with E-state index in [2.05, 4.69) is 39.9 Å².